The highest BCUT2D eigenvalue weighted by molar-refractivity contribution is 5.76. The smallest absolute Gasteiger partial charge is 0.221 e. The van der Waals surface area contributed by atoms with Crippen molar-refractivity contribution >= 4 is 5.91 Å². The number of hydrogen-bond donors (Lipinski definition) is 1. The Kier molecular flexibility index (Phi) is 3.57. The second-order valence-electron chi connectivity index (χ2n) is 4.45. The average molecular weight is 218 g/mol. The van der Waals surface area contributed by atoms with Gasteiger partial charge in [-0.25, -0.2) is 0 Å². The molecule has 0 bridgehead atoms. The highest BCUT2D eigenvalue weighted by Crippen LogP contribution is 2.13. The van der Waals surface area contributed by atoms with Crippen LogP contribution >= 0.6 is 0 Å². The fourth-order valence-corrected chi connectivity index (χ4v) is 2.24. The molecule has 3 heteroatoms. The molecule has 1 fully saturated rings. The number of nitrogens with two attached hydrogens (primary N) is 1. The molecule has 2 rings (SSSR count). The molecule has 1 aliphatic heterocycles. The van der Waals surface area contributed by atoms with Gasteiger partial charge in [-0.15, -0.1) is 0 Å². The molecule has 0 unspecified atom stereocenters. The van der Waals surface area contributed by atoms with Gasteiger partial charge >= 0.3 is 0 Å². The SMILES string of the molecule is NC(=O)Cc1cccc(CN2CCCC2)c1. The molecular formula is C13H18N2O. The van der Waals surface area contributed by atoms with Crippen molar-refractivity contribution in [2.45, 2.75) is 25.8 Å². The maximum Gasteiger partial charge on any atom is 0.221 e. The molecule has 3 nitrogen and oxygen atoms in total. The van der Waals surface area contributed by atoms with Crippen LogP contribution in [0, 0.1) is 0 Å². The van der Waals surface area contributed by atoms with Crippen molar-refractivity contribution < 1.29 is 4.79 Å². The summed E-state index contributed by atoms with van der Waals surface area (Å²) in [5.41, 5.74) is 7.48. The van der Waals surface area contributed by atoms with Gasteiger partial charge in [0, 0.05) is 6.54 Å². The van der Waals surface area contributed by atoms with E-state index >= 15 is 0 Å². The first kappa shape index (κ1) is 11.1. The predicted octanol–water partition coefficient (Wildman–Crippen LogP) is 1.31. The first-order valence-electron chi connectivity index (χ1n) is 5.82. The van der Waals surface area contributed by atoms with Crippen LogP contribution in [-0.2, 0) is 17.8 Å². The molecular weight excluding hydrogens is 200 g/mol. The lowest BCUT2D eigenvalue weighted by atomic mass is 10.1. The Morgan fingerprint density at radius 3 is 2.62 bits per heavy atom. The number of amides is 1. The zero-order valence-corrected chi connectivity index (χ0v) is 9.48. The number of benzene rings is 1. The highest BCUT2D eigenvalue weighted by Gasteiger charge is 2.11. The van der Waals surface area contributed by atoms with E-state index in [9.17, 15) is 4.79 Å². The van der Waals surface area contributed by atoms with E-state index in [1.165, 1.54) is 31.5 Å². The van der Waals surface area contributed by atoms with E-state index in [0.717, 1.165) is 12.1 Å². The van der Waals surface area contributed by atoms with Gasteiger partial charge in [-0.05, 0) is 37.1 Å². The summed E-state index contributed by atoms with van der Waals surface area (Å²) in [5, 5.41) is 0. The fourth-order valence-electron chi connectivity index (χ4n) is 2.24. The summed E-state index contributed by atoms with van der Waals surface area (Å²) in [7, 11) is 0. The molecule has 1 amide bonds. The lowest BCUT2D eigenvalue weighted by molar-refractivity contribution is -0.117. The van der Waals surface area contributed by atoms with Crippen molar-refractivity contribution in [3.05, 3.63) is 35.4 Å². The third-order valence-corrected chi connectivity index (χ3v) is 2.97. The van der Waals surface area contributed by atoms with Crippen molar-refractivity contribution in [1.29, 1.82) is 0 Å². The molecule has 2 N–H and O–H groups in total. The number of carbonyl (C=O) groups is 1. The van der Waals surface area contributed by atoms with Gasteiger partial charge in [0.05, 0.1) is 6.42 Å². The summed E-state index contributed by atoms with van der Waals surface area (Å²) in [4.78, 5) is 13.3. The molecule has 1 heterocycles. The van der Waals surface area contributed by atoms with Crippen LogP contribution in [0.1, 0.15) is 24.0 Å². The van der Waals surface area contributed by atoms with E-state index in [0.29, 0.717) is 6.42 Å². The van der Waals surface area contributed by atoms with Crippen molar-refractivity contribution in [3.63, 3.8) is 0 Å². The molecule has 1 aromatic rings. The topological polar surface area (TPSA) is 46.3 Å². The van der Waals surface area contributed by atoms with Crippen LogP contribution in [0.4, 0.5) is 0 Å². The molecule has 1 saturated heterocycles. The van der Waals surface area contributed by atoms with Crippen molar-refractivity contribution in [3.8, 4) is 0 Å². The average Bonchev–Trinajstić information content (AvgIpc) is 2.70. The Balaban J connectivity index is 2.00. The zero-order valence-electron chi connectivity index (χ0n) is 9.48. The summed E-state index contributed by atoms with van der Waals surface area (Å²) in [5.74, 6) is -0.265. The third kappa shape index (κ3) is 3.07. The van der Waals surface area contributed by atoms with Crippen molar-refractivity contribution in [2.24, 2.45) is 5.73 Å². The van der Waals surface area contributed by atoms with Gasteiger partial charge in [0.15, 0.2) is 0 Å². The van der Waals surface area contributed by atoms with Crippen LogP contribution < -0.4 is 5.73 Å². The van der Waals surface area contributed by atoms with Gasteiger partial charge in [-0.2, -0.15) is 0 Å². The van der Waals surface area contributed by atoms with Crippen LogP contribution in [-0.4, -0.2) is 23.9 Å². The van der Waals surface area contributed by atoms with E-state index in [1.54, 1.807) is 0 Å². The summed E-state index contributed by atoms with van der Waals surface area (Å²) in [6, 6.07) is 8.16. The minimum Gasteiger partial charge on any atom is -0.369 e. The number of likely N-dealkylation sites (tertiary alicyclic amines) is 1. The number of rotatable bonds is 4. The third-order valence-electron chi connectivity index (χ3n) is 2.97. The molecule has 0 saturated carbocycles. The second-order valence-corrected chi connectivity index (χ2v) is 4.45. The van der Waals surface area contributed by atoms with Gasteiger partial charge in [0.1, 0.15) is 0 Å². The maximum atomic E-state index is 10.8. The van der Waals surface area contributed by atoms with Crippen molar-refractivity contribution in [2.75, 3.05) is 13.1 Å². The molecule has 0 aliphatic carbocycles. The van der Waals surface area contributed by atoms with Gasteiger partial charge in [0.25, 0.3) is 0 Å². The Morgan fingerprint density at radius 2 is 1.94 bits per heavy atom. The minimum atomic E-state index is -0.265. The quantitative estimate of drug-likeness (QED) is 0.828. The first-order valence-corrected chi connectivity index (χ1v) is 5.82. The number of nitrogens with zero attached hydrogens (tertiary/aromatic N) is 1. The molecule has 0 aromatic heterocycles. The molecule has 86 valence electrons. The predicted molar refractivity (Wildman–Crippen MR) is 63.9 cm³/mol. The van der Waals surface area contributed by atoms with Crippen LogP contribution in [0.2, 0.25) is 0 Å². The molecule has 0 spiro atoms. The molecule has 1 aromatic carbocycles. The van der Waals surface area contributed by atoms with E-state index in [-0.39, 0.29) is 5.91 Å². The monoisotopic (exact) mass is 218 g/mol. The lowest BCUT2D eigenvalue weighted by Crippen LogP contribution is -2.18. The van der Waals surface area contributed by atoms with Crippen LogP contribution in [0.15, 0.2) is 24.3 Å². The summed E-state index contributed by atoms with van der Waals surface area (Å²) in [6.07, 6.45) is 2.95. The van der Waals surface area contributed by atoms with Gasteiger partial charge in [-0.3, -0.25) is 9.69 Å². The van der Waals surface area contributed by atoms with E-state index in [2.05, 4.69) is 17.0 Å². The highest BCUT2D eigenvalue weighted by atomic mass is 16.1. The molecule has 0 atom stereocenters. The minimum absolute atomic E-state index is 0.265. The number of carbonyl (C=O) groups excluding carboxylic acids is 1. The van der Waals surface area contributed by atoms with Crippen molar-refractivity contribution in [1.82, 2.24) is 4.90 Å². The maximum absolute atomic E-state index is 10.8. The molecule has 1 aliphatic rings. The Labute approximate surface area is 96.2 Å². The second kappa shape index (κ2) is 5.12. The standard InChI is InChI=1S/C13H18N2O/c14-13(16)9-11-4-3-5-12(8-11)10-15-6-1-2-7-15/h3-5,8H,1-2,6-7,9-10H2,(H2,14,16). The first-order chi connectivity index (χ1) is 7.74. The Morgan fingerprint density at radius 1 is 1.25 bits per heavy atom. The van der Waals surface area contributed by atoms with E-state index in [1.807, 2.05) is 12.1 Å². The Bertz CT molecular complexity index is 370. The normalized spacial score (nSPS) is 16.5. The van der Waals surface area contributed by atoms with Crippen LogP contribution in [0.5, 0.6) is 0 Å². The number of primary amides is 1. The fraction of sp³-hybridized carbons (Fsp3) is 0.462. The summed E-state index contributed by atoms with van der Waals surface area (Å²) in [6.45, 7) is 3.38. The van der Waals surface area contributed by atoms with E-state index in [4.69, 9.17) is 5.73 Å². The summed E-state index contributed by atoms with van der Waals surface area (Å²) < 4.78 is 0. The summed E-state index contributed by atoms with van der Waals surface area (Å²) >= 11 is 0. The van der Waals surface area contributed by atoms with E-state index < -0.39 is 0 Å². The molecule has 16 heavy (non-hydrogen) atoms. The zero-order chi connectivity index (χ0) is 11.4. The molecule has 0 radical (unpaired) electrons. The van der Waals surface area contributed by atoms with Crippen LogP contribution in [0.25, 0.3) is 0 Å². The van der Waals surface area contributed by atoms with Gasteiger partial charge in [-0.1, -0.05) is 24.3 Å². The Hall–Kier alpha value is -1.35. The lowest BCUT2D eigenvalue weighted by Gasteiger charge is -2.14. The largest absolute Gasteiger partial charge is 0.369 e. The number of hydrogen-bond acceptors (Lipinski definition) is 2. The van der Waals surface area contributed by atoms with Gasteiger partial charge in [0.2, 0.25) is 5.91 Å². The van der Waals surface area contributed by atoms with Gasteiger partial charge < -0.3 is 5.73 Å². The van der Waals surface area contributed by atoms with Crippen LogP contribution in [0.3, 0.4) is 0 Å².